The van der Waals surface area contributed by atoms with Gasteiger partial charge in [-0.15, -0.1) is 0 Å². The van der Waals surface area contributed by atoms with E-state index >= 15 is 0 Å². The van der Waals surface area contributed by atoms with Crippen molar-refractivity contribution in [3.05, 3.63) is 0 Å². The van der Waals surface area contributed by atoms with Crippen LogP contribution in [0.1, 0.15) is 117 Å². The van der Waals surface area contributed by atoms with Crippen LogP contribution in [-0.2, 0) is 10.1 Å². The minimum absolute atomic E-state index is 0.188. The van der Waals surface area contributed by atoms with Gasteiger partial charge in [-0.25, -0.2) is 8.42 Å². The first-order valence-electron chi connectivity index (χ1n) is 11.4. The van der Waals surface area contributed by atoms with Gasteiger partial charge in [0.2, 0.25) is 0 Å². The highest BCUT2D eigenvalue weighted by Gasteiger charge is 2.47. The van der Waals surface area contributed by atoms with Gasteiger partial charge in [-0.2, -0.15) is 0 Å². The van der Waals surface area contributed by atoms with E-state index in [1.807, 2.05) is 28.1 Å². The zero-order chi connectivity index (χ0) is 20.8. The third-order valence-corrected chi connectivity index (χ3v) is 8.13. The Hall–Kier alpha value is -0.130. The standard InChI is InChI=1S/C22H47NO3S/c1-6-8-9-10-11-12-13-14-15-16-17-18-19-20-21-22(7-2,23(3,4)5)27(24,25)26/h6-21H2,1-5H3. The van der Waals surface area contributed by atoms with Gasteiger partial charge >= 0.3 is 0 Å². The van der Waals surface area contributed by atoms with Crippen molar-refractivity contribution in [1.29, 1.82) is 0 Å². The van der Waals surface area contributed by atoms with Gasteiger partial charge in [0.1, 0.15) is 0 Å². The number of nitrogens with zero attached hydrogens (tertiary/aromatic N) is 1. The van der Waals surface area contributed by atoms with Crippen molar-refractivity contribution in [3.63, 3.8) is 0 Å². The molecule has 0 saturated heterocycles. The Morgan fingerprint density at radius 3 is 1.26 bits per heavy atom. The predicted molar refractivity (Wildman–Crippen MR) is 116 cm³/mol. The molecule has 5 heteroatoms. The number of hydrogen-bond donors (Lipinski definition) is 0. The minimum atomic E-state index is -4.33. The maximum absolute atomic E-state index is 11.9. The Morgan fingerprint density at radius 2 is 1.00 bits per heavy atom. The number of unbranched alkanes of at least 4 members (excludes halogenated alkanes) is 13. The van der Waals surface area contributed by atoms with Gasteiger partial charge in [-0.1, -0.05) is 97.3 Å². The van der Waals surface area contributed by atoms with E-state index in [9.17, 15) is 13.0 Å². The Balaban J connectivity index is 3.81. The molecule has 1 unspecified atom stereocenters. The van der Waals surface area contributed by atoms with E-state index in [0.717, 1.165) is 19.3 Å². The van der Waals surface area contributed by atoms with Crippen LogP contribution < -0.4 is 0 Å². The van der Waals surface area contributed by atoms with Crippen LogP contribution in [0.5, 0.6) is 0 Å². The number of rotatable bonds is 18. The Kier molecular flexibility index (Phi) is 13.9. The monoisotopic (exact) mass is 405 g/mol. The molecule has 0 spiro atoms. The van der Waals surface area contributed by atoms with Gasteiger partial charge in [0, 0.05) is 12.8 Å². The summed E-state index contributed by atoms with van der Waals surface area (Å²) in [6.45, 7) is 4.08. The fourth-order valence-corrected chi connectivity index (χ4v) is 5.64. The molecule has 4 nitrogen and oxygen atoms in total. The average molecular weight is 406 g/mol. The van der Waals surface area contributed by atoms with E-state index in [4.69, 9.17) is 0 Å². The summed E-state index contributed by atoms with van der Waals surface area (Å²) in [7, 11) is 1.14. The molecule has 0 aromatic rings. The topological polar surface area (TPSA) is 57.2 Å². The molecule has 0 N–H and O–H groups in total. The van der Waals surface area contributed by atoms with Gasteiger partial charge in [0.15, 0.2) is 15.0 Å². The lowest BCUT2D eigenvalue weighted by Gasteiger charge is -2.47. The molecule has 0 heterocycles. The summed E-state index contributed by atoms with van der Waals surface area (Å²) >= 11 is 0. The summed E-state index contributed by atoms with van der Waals surface area (Å²) in [4.78, 5) is -1.19. The molecule has 27 heavy (non-hydrogen) atoms. The van der Waals surface area contributed by atoms with Crippen molar-refractivity contribution in [2.24, 2.45) is 0 Å². The van der Waals surface area contributed by atoms with Crippen LogP contribution in [0.2, 0.25) is 0 Å². The summed E-state index contributed by atoms with van der Waals surface area (Å²) in [5.41, 5.74) is 0. The smallest absolute Gasteiger partial charge is 0.188 e. The zero-order valence-corrected chi connectivity index (χ0v) is 19.7. The fourth-order valence-electron chi connectivity index (χ4n) is 4.22. The van der Waals surface area contributed by atoms with Gasteiger partial charge in [0.05, 0.1) is 21.1 Å². The zero-order valence-electron chi connectivity index (χ0n) is 18.9. The van der Waals surface area contributed by atoms with Crippen molar-refractivity contribution >= 4 is 10.1 Å². The molecule has 0 saturated carbocycles. The molecule has 0 fully saturated rings. The van der Waals surface area contributed by atoms with Crippen LogP contribution in [0.25, 0.3) is 0 Å². The summed E-state index contributed by atoms with van der Waals surface area (Å²) < 4.78 is 36.0. The first kappa shape index (κ1) is 26.9. The Morgan fingerprint density at radius 1 is 0.667 bits per heavy atom. The summed E-state index contributed by atoms with van der Waals surface area (Å²) in [5, 5.41) is 0. The van der Waals surface area contributed by atoms with E-state index in [0.29, 0.717) is 12.8 Å². The van der Waals surface area contributed by atoms with Crippen LogP contribution in [0.15, 0.2) is 0 Å². The lowest BCUT2D eigenvalue weighted by Crippen LogP contribution is -2.61. The molecule has 0 aliphatic heterocycles. The van der Waals surface area contributed by atoms with E-state index in [-0.39, 0.29) is 4.48 Å². The first-order chi connectivity index (χ1) is 12.6. The molecule has 0 aliphatic rings. The summed E-state index contributed by atoms with van der Waals surface area (Å²) in [6, 6.07) is 0. The maximum Gasteiger partial charge on any atom is 0.188 e. The molecular weight excluding hydrogens is 358 g/mol. The van der Waals surface area contributed by atoms with Crippen LogP contribution in [-0.4, -0.2) is 43.5 Å². The lowest BCUT2D eigenvalue weighted by molar-refractivity contribution is -0.908. The molecule has 0 bridgehead atoms. The van der Waals surface area contributed by atoms with Crippen LogP contribution >= 0.6 is 0 Å². The van der Waals surface area contributed by atoms with E-state index < -0.39 is 15.0 Å². The highest BCUT2D eigenvalue weighted by Crippen LogP contribution is 2.34. The molecule has 1 atom stereocenters. The largest absolute Gasteiger partial charge is 0.743 e. The van der Waals surface area contributed by atoms with Gasteiger partial charge in [-0.05, 0) is 6.42 Å². The second kappa shape index (κ2) is 13.9. The molecule has 0 aromatic heterocycles. The highest BCUT2D eigenvalue weighted by molar-refractivity contribution is 7.87. The van der Waals surface area contributed by atoms with Gasteiger partial charge in [0.25, 0.3) is 0 Å². The third kappa shape index (κ3) is 10.3. The lowest BCUT2D eigenvalue weighted by atomic mass is 10.0. The van der Waals surface area contributed by atoms with Crippen molar-refractivity contribution < 1.29 is 17.5 Å². The molecule has 0 rings (SSSR count). The van der Waals surface area contributed by atoms with Crippen LogP contribution in [0.4, 0.5) is 0 Å². The summed E-state index contributed by atoms with van der Waals surface area (Å²) in [5.74, 6) is 0. The first-order valence-corrected chi connectivity index (χ1v) is 12.8. The molecule has 0 aromatic carbocycles. The molecule has 164 valence electrons. The van der Waals surface area contributed by atoms with E-state index in [1.165, 1.54) is 70.6 Å². The van der Waals surface area contributed by atoms with Crippen LogP contribution in [0, 0.1) is 0 Å². The van der Waals surface area contributed by atoms with Gasteiger partial charge < -0.3 is 9.04 Å². The quantitative estimate of drug-likeness (QED) is 0.155. The normalized spacial score (nSPS) is 15.0. The SMILES string of the molecule is CCCCCCCCCCCCCCCCC(CC)([N+](C)(C)C)S(=O)(=O)[O-]. The number of quaternary nitrogens is 1. The summed E-state index contributed by atoms with van der Waals surface area (Å²) in [6.07, 6.45) is 18.7. The highest BCUT2D eigenvalue weighted by atomic mass is 32.2. The fraction of sp³-hybridized carbons (Fsp3) is 1.00. The van der Waals surface area contributed by atoms with Crippen molar-refractivity contribution in [2.75, 3.05) is 21.1 Å². The molecule has 0 aliphatic carbocycles. The molecule has 0 amide bonds. The molecular formula is C22H47NO3S. The van der Waals surface area contributed by atoms with Crippen molar-refractivity contribution in [3.8, 4) is 0 Å². The van der Waals surface area contributed by atoms with Crippen molar-refractivity contribution in [2.45, 2.75) is 121 Å². The average Bonchev–Trinajstić information content (AvgIpc) is 2.56. The number of hydrogen-bond acceptors (Lipinski definition) is 3. The third-order valence-electron chi connectivity index (χ3n) is 6.16. The maximum atomic E-state index is 11.9. The second-order valence-electron chi connectivity index (χ2n) is 9.11. The van der Waals surface area contributed by atoms with Gasteiger partial charge in [-0.3, -0.25) is 0 Å². The van der Waals surface area contributed by atoms with E-state index in [1.54, 1.807) is 0 Å². The predicted octanol–water partition coefficient (Wildman–Crippen LogP) is 6.22. The Bertz CT molecular complexity index is 457. The minimum Gasteiger partial charge on any atom is -0.743 e. The van der Waals surface area contributed by atoms with Crippen molar-refractivity contribution in [1.82, 2.24) is 0 Å². The second-order valence-corrected chi connectivity index (χ2v) is 10.8. The molecule has 0 radical (unpaired) electrons. The van der Waals surface area contributed by atoms with Crippen LogP contribution in [0.3, 0.4) is 0 Å². The Labute approximate surface area is 170 Å². The van der Waals surface area contributed by atoms with E-state index in [2.05, 4.69) is 6.92 Å².